The molecule has 0 bridgehead atoms. The first-order valence-electron chi connectivity index (χ1n) is 11.2. The molecule has 1 aliphatic heterocycles. The summed E-state index contributed by atoms with van der Waals surface area (Å²) in [5.41, 5.74) is 2.60. The normalized spacial score (nSPS) is 14.5. The van der Waals surface area contributed by atoms with Crippen LogP contribution in [0.5, 0.6) is 5.75 Å². The van der Waals surface area contributed by atoms with Gasteiger partial charge in [-0.25, -0.2) is 0 Å². The molecule has 4 rings (SSSR count). The van der Waals surface area contributed by atoms with Crippen LogP contribution in [0.4, 0.5) is 5.69 Å². The molecule has 6 heteroatoms. The van der Waals surface area contributed by atoms with Crippen molar-refractivity contribution < 1.29 is 14.3 Å². The molecule has 2 amide bonds. The molecule has 0 spiro atoms. The van der Waals surface area contributed by atoms with Crippen LogP contribution in [0.3, 0.4) is 0 Å². The van der Waals surface area contributed by atoms with Gasteiger partial charge in [-0.1, -0.05) is 54.6 Å². The SMILES string of the molecule is COc1cccc(N2CCN(C(=O)C[C@H](NC(=O)c3ccccc3)c3ccccc3)CC2)c1. The number of nitrogens with one attached hydrogen (secondary N) is 1. The maximum absolute atomic E-state index is 13.2. The molecule has 0 aromatic heterocycles. The van der Waals surface area contributed by atoms with Crippen LogP contribution in [0.2, 0.25) is 0 Å². The average Bonchev–Trinajstić information content (AvgIpc) is 2.89. The third-order valence-electron chi connectivity index (χ3n) is 5.97. The number of ether oxygens (including phenoxy) is 1. The third kappa shape index (κ3) is 5.71. The van der Waals surface area contributed by atoms with Gasteiger partial charge in [0.05, 0.1) is 19.6 Å². The minimum atomic E-state index is -0.386. The lowest BCUT2D eigenvalue weighted by atomic mass is 10.0. The maximum Gasteiger partial charge on any atom is 0.251 e. The summed E-state index contributed by atoms with van der Waals surface area (Å²) in [4.78, 5) is 30.1. The van der Waals surface area contributed by atoms with E-state index in [0.29, 0.717) is 18.7 Å². The predicted molar refractivity (Wildman–Crippen MR) is 129 cm³/mol. The summed E-state index contributed by atoms with van der Waals surface area (Å²) in [7, 11) is 1.66. The number of amides is 2. The summed E-state index contributed by atoms with van der Waals surface area (Å²) in [6.07, 6.45) is 0.224. The molecule has 1 atom stereocenters. The second-order valence-electron chi connectivity index (χ2n) is 8.08. The second kappa shape index (κ2) is 10.7. The molecule has 0 saturated carbocycles. The van der Waals surface area contributed by atoms with Gasteiger partial charge in [-0.05, 0) is 29.8 Å². The first-order valence-corrected chi connectivity index (χ1v) is 11.2. The van der Waals surface area contributed by atoms with Crippen LogP contribution in [0.15, 0.2) is 84.9 Å². The van der Waals surface area contributed by atoms with Crippen molar-refractivity contribution in [3.63, 3.8) is 0 Å². The smallest absolute Gasteiger partial charge is 0.251 e. The van der Waals surface area contributed by atoms with Crippen LogP contribution < -0.4 is 15.0 Å². The van der Waals surface area contributed by atoms with Crippen LogP contribution in [0.1, 0.15) is 28.4 Å². The number of methoxy groups -OCH3 is 1. The van der Waals surface area contributed by atoms with Crippen molar-refractivity contribution in [2.75, 3.05) is 38.2 Å². The largest absolute Gasteiger partial charge is 0.497 e. The third-order valence-corrected chi connectivity index (χ3v) is 5.97. The first-order chi connectivity index (χ1) is 16.1. The summed E-state index contributed by atoms with van der Waals surface area (Å²) < 4.78 is 5.33. The van der Waals surface area contributed by atoms with E-state index in [-0.39, 0.29) is 24.3 Å². The van der Waals surface area contributed by atoms with Crippen LogP contribution in [0, 0.1) is 0 Å². The minimum Gasteiger partial charge on any atom is -0.497 e. The highest BCUT2D eigenvalue weighted by molar-refractivity contribution is 5.94. The fourth-order valence-corrected chi connectivity index (χ4v) is 4.09. The quantitative estimate of drug-likeness (QED) is 0.602. The van der Waals surface area contributed by atoms with E-state index in [4.69, 9.17) is 4.74 Å². The molecule has 1 saturated heterocycles. The Morgan fingerprint density at radius 3 is 2.21 bits per heavy atom. The topological polar surface area (TPSA) is 61.9 Å². The van der Waals surface area contributed by atoms with Crippen molar-refractivity contribution in [2.45, 2.75) is 12.5 Å². The van der Waals surface area contributed by atoms with Crippen LogP contribution >= 0.6 is 0 Å². The number of rotatable bonds is 7. The number of carbonyl (C=O) groups excluding carboxylic acids is 2. The number of nitrogens with zero attached hydrogens (tertiary/aromatic N) is 2. The highest BCUT2D eigenvalue weighted by Gasteiger charge is 2.25. The fourth-order valence-electron chi connectivity index (χ4n) is 4.09. The van der Waals surface area contributed by atoms with Crippen molar-refractivity contribution in [3.8, 4) is 5.75 Å². The van der Waals surface area contributed by atoms with Crippen molar-refractivity contribution >= 4 is 17.5 Å². The van der Waals surface area contributed by atoms with Crippen LogP contribution in [-0.2, 0) is 4.79 Å². The Morgan fingerprint density at radius 2 is 1.55 bits per heavy atom. The highest BCUT2D eigenvalue weighted by atomic mass is 16.5. The molecule has 170 valence electrons. The number of carbonyl (C=O) groups is 2. The maximum atomic E-state index is 13.2. The zero-order valence-corrected chi connectivity index (χ0v) is 18.8. The molecule has 1 N–H and O–H groups in total. The zero-order chi connectivity index (χ0) is 23.0. The summed E-state index contributed by atoms with van der Waals surface area (Å²) >= 11 is 0. The molecular formula is C27H29N3O3. The molecule has 1 aliphatic rings. The van der Waals surface area contributed by atoms with Crippen LogP contribution in [0.25, 0.3) is 0 Å². The molecule has 0 radical (unpaired) electrons. The average molecular weight is 444 g/mol. The van der Waals surface area contributed by atoms with Crippen molar-refractivity contribution in [3.05, 3.63) is 96.1 Å². The van der Waals surface area contributed by atoms with Gasteiger partial charge in [0.2, 0.25) is 5.91 Å². The van der Waals surface area contributed by atoms with Gasteiger partial charge in [-0.2, -0.15) is 0 Å². The molecule has 0 unspecified atom stereocenters. The molecular weight excluding hydrogens is 414 g/mol. The van der Waals surface area contributed by atoms with E-state index in [1.54, 1.807) is 19.2 Å². The Balaban J connectivity index is 1.40. The van der Waals surface area contributed by atoms with E-state index in [1.807, 2.05) is 71.6 Å². The molecule has 0 aliphatic carbocycles. The van der Waals surface area contributed by atoms with Crippen molar-refractivity contribution in [1.82, 2.24) is 10.2 Å². The Hall–Kier alpha value is -3.80. The van der Waals surface area contributed by atoms with Gasteiger partial charge >= 0.3 is 0 Å². The van der Waals surface area contributed by atoms with Gasteiger partial charge in [-0.15, -0.1) is 0 Å². The number of benzene rings is 3. The van der Waals surface area contributed by atoms with Gasteiger partial charge in [0, 0.05) is 43.5 Å². The Bertz CT molecular complexity index is 1060. The molecule has 3 aromatic rings. The standard InChI is InChI=1S/C27H29N3O3/c1-33-24-14-8-13-23(19-24)29-15-17-30(18-16-29)26(31)20-25(21-9-4-2-5-10-21)28-27(32)22-11-6-3-7-12-22/h2-14,19,25H,15-18,20H2,1H3,(H,28,32)/t25-/m0/s1. The minimum absolute atomic E-state index is 0.0440. The summed E-state index contributed by atoms with van der Waals surface area (Å²) in [5, 5.41) is 3.06. The van der Waals surface area contributed by atoms with E-state index in [0.717, 1.165) is 30.1 Å². The lowest BCUT2D eigenvalue weighted by molar-refractivity contribution is -0.132. The zero-order valence-electron chi connectivity index (χ0n) is 18.8. The Labute approximate surface area is 194 Å². The Kier molecular flexibility index (Phi) is 7.25. The fraction of sp³-hybridized carbons (Fsp3) is 0.259. The Morgan fingerprint density at radius 1 is 0.879 bits per heavy atom. The first kappa shape index (κ1) is 22.4. The number of hydrogen-bond donors (Lipinski definition) is 1. The molecule has 1 heterocycles. The molecule has 33 heavy (non-hydrogen) atoms. The van der Waals surface area contributed by atoms with Gasteiger partial charge in [0.1, 0.15) is 5.75 Å². The lowest BCUT2D eigenvalue weighted by Gasteiger charge is -2.37. The van der Waals surface area contributed by atoms with Crippen LogP contribution in [-0.4, -0.2) is 50.0 Å². The van der Waals surface area contributed by atoms with E-state index < -0.39 is 0 Å². The van der Waals surface area contributed by atoms with Gasteiger partial charge < -0.3 is 19.9 Å². The number of piperazine rings is 1. The second-order valence-corrected chi connectivity index (χ2v) is 8.08. The van der Waals surface area contributed by atoms with Gasteiger partial charge in [-0.3, -0.25) is 9.59 Å². The molecule has 3 aromatic carbocycles. The number of anilines is 1. The van der Waals surface area contributed by atoms with Gasteiger partial charge in [0.25, 0.3) is 5.91 Å². The van der Waals surface area contributed by atoms with Crippen molar-refractivity contribution in [1.29, 1.82) is 0 Å². The van der Waals surface area contributed by atoms with E-state index in [2.05, 4.69) is 16.3 Å². The molecule has 6 nitrogen and oxygen atoms in total. The highest BCUT2D eigenvalue weighted by Crippen LogP contribution is 2.23. The summed E-state index contributed by atoms with van der Waals surface area (Å²) in [6.45, 7) is 2.80. The lowest BCUT2D eigenvalue weighted by Crippen LogP contribution is -2.49. The summed E-state index contributed by atoms with van der Waals surface area (Å²) in [5.74, 6) is 0.688. The summed E-state index contributed by atoms with van der Waals surface area (Å²) in [6, 6.07) is 26.4. The number of hydrogen-bond acceptors (Lipinski definition) is 4. The monoisotopic (exact) mass is 443 g/mol. The van der Waals surface area contributed by atoms with E-state index >= 15 is 0 Å². The van der Waals surface area contributed by atoms with E-state index in [1.165, 1.54) is 0 Å². The predicted octanol–water partition coefficient (Wildman–Crippen LogP) is 3.91. The molecule has 1 fully saturated rings. The van der Waals surface area contributed by atoms with E-state index in [9.17, 15) is 9.59 Å². The van der Waals surface area contributed by atoms with Crippen molar-refractivity contribution in [2.24, 2.45) is 0 Å². The van der Waals surface area contributed by atoms with Gasteiger partial charge in [0.15, 0.2) is 0 Å².